The fourth-order valence-electron chi connectivity index (χ4n) is 4.45. The Morgan fingerprint density at radius 2 is 1.77 bits per heavy atom. The molecule has 0 radical (unpaired) electrons. The minimum atomic E-state index is -0.383. The number of nitrogens with two attached hydrogens (primary N) is 1. The number of nitrogens with zero attached hydrogens (tertiary/aromatic N) is 1. The second kappa shape index (κ2) is 12.0. The highest BCUT2D eigenvalue weighted by Crippen LogP contribution is 2.37. The molecule has 0 unspecified atom stereocenters. The number of aryl methyl sites for hydroxylation is 1. The molecular weight excluding hydrogens is 403 g/mol. The molecule has 1 aromatic carbocycles. The van der Waals surface area contributed by atoms with Crippen LogP contribution in [0.5, 0.6) is 0 Å². The molecule has 2 aromatic rings. The molecule has 0 aliphatic heterocycles. The minimum absolute atomic E-state index is 0.128. The molecule has 0 spiro atoms. The van der Waals surface area contributed by atoms with E-state index in [9.17, 15) is 9.36 Å². The molecule has 1 heterocycles. The predicted molar refractivity (Wildman–Crippen MR) is 117 cm³/mol. The van der Waals surface area contributed by atoms with Crippen molar-refractivity contribution in [2.75, 3.05) is 6.16 Å². The molecule has 4 N–H and O–H groups in total. The Hall–Kier alpha value is -2.05. The van der Waals surface area contributed by atoms with Gasteiger partial charge in [0.2, 0.25) is 0 Å². The highest BCUT2D eigenvalue weighted by Gasteiger charge is 2.27. The van der Waals surface area contributed by atoms with E-state index in [1.807, 2.05) is 6.92 Å². The molecule has 164 valence electrons. The van der Waals surface area contributed by atoms with Crippen LogP contribution in [0.4, 0.5) is 0 Å². The monoisotopic (exact) mass is 434 g/mol. The largest absolute Gasteiger partial charge is 0.366 e. The molecule has 3 rings (SSSR count). The molecule has 1 saturated carbocycles. The van der Waals surface area contributed by atoms with Crippen molar-refractivity contribution in [1.82, 2.24) is 4.57 Å². The maximum absolute atomic E-state index is 12.4. The topological polar surface area (TPSA) is 115 Å². The summed E-state index contributed by atoms with van der Waals surface area (Å²) in [5.74, 6) is 0.257. The van der Waals surface area contributed by atoms with Crippen molar-refractivity contribution in [3.63, 3.8) is 0 Å². The molecule has 1 aliphatic rings. The van der Waals surface area contributed by atoms with Gasteiger partial charge >= 0.3 is 0 Å². The van der Waals surface area contributed by atoms with Crippen molar-refractivity contribution < 1.29 is 24.9 Å². The van der Waals surface area contributed by atoms with E-state index >= 15 is 0 Å². The van der Waals surface area contributed by atoms with Crippen LogP contribution in [0.2, 0.25) is 0 Å². The third kappa shape index (κ3) is 5.99. The fourth-order valence-corrected chi connectivity index (χ4v) is 4.73. The Bertz CT molecular complexity index is 842. The van der Waals surface area contributed by atoms with Gasteiger partial charge in [-0.3, -0.25) is 9.36 Å². The molecule has 0 saturated heterocycles. The second-order valence-electron chi connectivity index (χ2n) is 7.81. The molecule has 1 fully saturated rings. The van der Waals surface area contributed by atoms with Gasteiger partial charge in [0.05, 0.1) is 5.56 Å². The summed E-state index contributed by atoms with van der Waals surface area (Å²) in [6.45, 7) is 4.67. The van der Waals surface area contributed by atoms with Crippen molar-refractivity contribution in [2.45, 2.75) is 58.9 Å². The molecule has 7 nitrogen and oxygen atoms in total. The molecule has 0 atom stereocenters. The number of hydrogen-bond acceptors (Lipinski definition) is 5. The van der Waals surface area contributed by atoms with Gasteiger partial charge in [-0.2, -0.15) is 0 Å². The standard InChI is InChI=1S/C22H29N2O2P.H2O3/c1-15-8-10-18(11-9-15)21-19(14-17-6-4-3-5-7-17)24(12-13-27-26)16(2)20(21)22(23)25;1-3-2/h8-11,17H,3-7,12-14H2,1-2H3,(H2,23,25);1-2H. The van der Waals surface area contributed by atoms with E-state index in [0.29, 0.717) is 24.2 Å². The van der Waals surface area contributed by atoms with Crippen molar-refractivity contribution >= 4 is 14.4 Å². The highest BCUT2D eigenvalue weighted by molar-refractivity contribution is 7.23. The van der Waals surface area contributed by atoms with Crippen molar-refractivity contribution in [2.24, 2.45) is 11.7 Å². The number of aromatic nitrogens is 1. The number of benzene rings is 1. The molecule has 8 heteroatoms. The molecule has 1 aromatic heterocycles. The zero-order valence-corrected chi connectivity index (χ0v) is 18.5. The molecule has 30 heavy (non-hydrogen) atoms. The van der Waals surface area contributed by atoms with Gasteiger partial charge in [0.15, 0.2) is 8.46 Å². The number of hydrogen-bond donors (Lipinski definition) is 3. The quantitative estimate of drug-likeness (QED) is 0.313. The summed E-state index contributed by atoms with van der Waals surface area (Å²) in [5, 5.41) is 15.5. The Labute approximate surface area is 178 Å². The third-order valence-corrected chi connectivity index (χ3v) is 6.22. The zero-order valence-electron chi connectivity index (χ0n) is 17.6. The molecule has 1 aliphatic carbocycles. The number of carbonyl (C=O) groups is 1. The van der Waals surface area contributed by atoms with Crippen molar-refractivity contribution in [3.05, 3.63) is 46.8 Å². The Morgan fingerprint density at radius 3 is 2.30 bits per heavy atom. The van der Waals surface area contributed by atoms with Gasteiger partial charge in [0.1, 0.15) is 0 Å². The maximum Gasteiger partial charge on any atom is 0.251 e. The first-order valence-electron chi connectivity index (χ1n) is 10.3. The van der Waals surface area contributed by atoms with Gasteiger partial charge in [-0.05, 0) is 31.7 Å². The van der Waals surface area contributed by atoms with Gasteiger partial charge in [-0.25, -0.2) is 10.5 Å². The SMILES string of the molecule is Cc1ccc(-c2c(C(N)=O)c(C)n(CCP=O)c2CC2CCCCC2)cc1.OOO. The van der Waals surface area contributed by atoms with Crippen molar-refractivity contribution in [1.29, 1.82) is 0 Å². The number of primary amides is 1. The summed E-state index contributed by atoms with van der Waals surface area (Å²) in [7, 11) is 0.128. The van der Waals surface area contributed by atoms with Gasteiger partial charge in [-0.1, -0.05) is 67.0 Å². The van der Waals surface area contributed by atoms with E-state index in [0.717, 1.165) is 23.2 Å². The normalized spacial score (nSPS) is 14.4. The lowest BCUT2D eigenvalue weighted by Crippen LogP contribution is -2.14. The summed E-state index contributed by atoms with van der Waals surface area (Å²) >= 11 is 0. The summed E-state index contributed by atoms with van der Waals surface area (Å²) < 4.78 is 13.3. The number of carbonyl (C=O) groups excluding carboxylic acids is 1. The molecule has 0 bridgehead atoms. The van der Waals surface area contributed by atoms with Crippen LogP contribution in [0.25, 0.3) is 11.1 Å². The van der Waals surface area contributed by atoms with Crippen LogP contribution in [0.1, 0.15) is 59.4 Å². The van der Waals surface area contributed by atoms with E-state index in [4.69, 9.17) is 16.2 Å². The zero-order chi connectivity index (χ0) is 22.1. The Balaban J connectivity index is 0.00000101. The smallest absolute Gasteiger partial charge is 0.251 e. The van der Waals surface area contributed by atoms with E-state index < -0.39 is 0 Å². The Morgan fingerprint density at radius 1 is 1.17 bits per heavy atom. The average Bonchev–Trinajstić information content (AvgIpc) is 3.00. The molecular formula is C22H31N2O5P. The molecule has 1 amide bonds. The van der Waals surface area contributed by atoms with Gasteiger partial charge < -0.3 is 10.3 Å². The first-order valence-corrected chi connectivity index (χ1v) is 11.3. The number of amides is 1. The van der Waals surface area contributed by atoms with Crippen molar-refractivity contribution in [3.8, 4) is 11.1 Å². The van der Waals surface area contributed by atoms with E-state index in [2.05, 4.69) is 40.8 Å². The van der Waals surface area contributed by atoms with E-state index in [-0.39, 0.29) is 14.4 Å². The van der Waals surface area contributed by atoms with Crippen LogP contribution in [0, 0.1) is 19.8 Å². The van der Waals surface area contributed by atoms with E-state index in [1.54, 1.807) is 0 Å². The first-order chi connectivity index (χ1) is 14.4. The lowest BCUT2D eigenvalue weighted by atomic mass is 9.84. The van der Waals surface area contributed by atoms with Crippen LogP contribution in [0.15, 0.2) is 24.3 Å². The van der Waals surface area contributed by atoms with Gasteiger partial charge in [0.25, 0.3) is 5.91 Å². The van der Waals surface area contributed by atoms with Crippen LogP contribution in [0.3, 0.4) is 0 Å². The average molecular weight is 434 g/mol. The van der Waals surface area contributed by atoms with Crippen LogP contribution in [-0.4, -0.2) is 27.2 Å². The van der Waals surface area contributed by atoms with E-state index in [1.165, 1.54) is 43.4 Å². The summed E-state index contributed by atoms with van der Waals surface area (Å²) in [4.78, 5) is 12.4. The minimum Gasteiger partial charge on any atom is -0.366 e. The van der Waals surface area contributed by atoms with Crippen LogP contribution >= 0.6 is 8.46 Å². The lowest BCUT2D eigenvalue weighted by Gasteiger charge is -2.23. The summed E-state index contributed by atoms with van der Waals surface area (Å²) in [5.41, 5.74) is 11.7. The predicted octanol–water partition coefficient (Wildman–Crippen LogP) is 5.23. The first kappa shape index (κ1) is 24.2. The maximum atomic E-state index is 12.4. The second-order valence-corrected chi connectivity index (χ2v) is 8.51. The van der Waals surface area contributed by atoms with Gasteiger partial charge in [-0.15, -0.1) is 0 Å². The highest BCUT2D eigenvalue weighted by atomic mass is 31.1. The summed E-state index contributed by atoms with van der Waals surface area (Å²) in [6.07, 6.45) is 7.86. The lowest BCUT2D eigenvalue weighted by molar-refractivity contribution is -0.465. The fraction of sp³-hybridized carbons (Fsp3) is 0.500. The van der Waals surface area contributed by atoms with Crippen LogP contribution in [-0.2, 0) is 22.6 Å². The summed E-state index contributed by atoms with van der Waals surface area (Å²) in [6, 6.07) is 8.31. The van der Waals surface area contributed by atoms with Gasteiger partial charge in [0, 0.05) is 29.7 Å². The number of rotatable bonds is 7. The third-order valence-electron chi connectivity index (χ3n) is 5.84. The Kier molecular flexibility index (Phi) is 9.66. The van der Waals surface area contributed by atoms with Crippen LogP contribution < -0.4 is 5.73 Å².